The van der Waals surface area contributed by atoms with Crippen LogP contribution in [0, 0.1) is 0 Å². The number of carbonyl (C=O) groups excluding carboxylic acids is 1. The van der Waals surface area contributed by atoms with Crippen molar-refractivity contribution >= 4 is 11.6 Å². The van der Waals surface area contributed by atoms with Gasteiger partial charge in [0.1, 0.15) is 11.9 Å². The molecular formula is C17H22N2O3. The first kappa shape index (κ1) is 16.1. The van der Waals surface area contributed by atoms with Gasteiger partial charge in [0.15, 0.2) is 0 Å². The van der Waals surface area contributed by atoms with Crippen LogP contribution in [0.3, 0.4) is 0 Å². The summed E-state index contributed by atoms with van der Waals surface area (Å²) in [5.74, 6) is 0.750. The van der Waals surface area contributed by atoms with E-state index in [0.717, 1.165) is 35.4 Å². The van der Waals surface area contributed by atoms with Gasteiger partial charge in [0.05, 0.1) is 19.4 Å². The summed E-state index contributed by atoms with van der Waals surface area (Å²) in [5.41, 5.74) is 3.13. The number of carbonyl (C=O) groups is 1. The molecule has 1 aliphatic rings. The molecule has 1 atom stereocenters. The van der Waals surface area contributed by atoms with E-state index in [0.29, 0.717) is 6.54 Å². The van der Waals surface area contributed by atoms with Crippen molar-refractivity contribution in [3.05, 3.63) is 41.5 Å². The molecule has 0 fully saturated rings. The molecule has 5 nitrogen and oxygen atoms in total. The van der Waals surface area contributed by atoms with Gasteiger partial charge in [-0.1, -0.05) is 22.9 Å². The summed E-state index contributed by atoms with van der Waals surface area (Å²) in [6.45, 7) is 4.25. The molecule has 0 aromatic heterocycles. The Morgan fingerprint density at radius 2 is 2.14 bits per heavy atom. The van der Waals surface area contributed by atoms with Gasteiger partial charge >= 0.3 is 0 Å². The van der Waals surface area contributed by atoms with E-state index >= 15 is 0 Å². The first-order valence-electron chi connectivity index (χ1n) is 7.34. The molecule has 1 aliphatic heterocycles. The van der Waals surface area contributed by atoms with Gasteiger partial charge < -0.3 is 14.9 Å². The minimum absolute atomic E-state index is 0.0808. The van der Waals surface area contributed by atoms with Gasteiger partial charge in [-0.3, -0.25) is 4.79 Å². The van der Waals surface area contributed by atoms with Gasteiger partial charge in [-0.2, -0.15) is 0 Å². The lowest BCUT2D eigenvalue weighted by molar-refractivity contribution is -0.117. The zero-order valence-corrected chi connectivity index (χ0v) is 13.3. The van der Waals surface area contributed by atoms with E-state index in [1.165, 1.54) is 0 Å². The van der Waals surface area contributed by atoms with Gasteiger partial charge in [-0.05, 0) is 31.5 Å². The number of amides is 1. The van der Waals surface area contributed by atoms with Crippen LogP contribution < -0.4 is 10.1 Å². The highest BCUT2D eigenvalue weighted by molar-refractivity contribution is 5.89. The number of allylic oxidation sites excluding steroid dienone is 1. The maximum absolute atomic E-state index is 11.6. The number of hydrogen-bond acceptors (Lipinski definition) is 4. The van der Waals surface area contributed by atoms with E-state index < -0.39 is 0 Å². The van der Waals surface area contributed by atoms with Crippen molar-refractivity contribution in [2.75, 3.05) is 13.7 Å². The van der Waals surface area contributed by atoms with Crippen molar-refractivity contribution < 1.29 is 14.4 Å². The van der Waals surface area contributed by atoms with Gasteiger partial charge in [-0.25, -0.2) is 0 Å². The maximum Gasteiger partial charge on any atom is 0.244 e. The molecule has 0 bridgehead atoms. The van der Waals surface area contributed by atoms with Crippen LogP contribution in [0.1, 0.15) is 25.8 Å². The first-order valence-corrected chi connectivity index (χ1v) is 7.34. The maximum atomic E-state index is 11.6. The number of ether oxygens (including phenoxy) is 1. The first-order chi connectivity index (χ1) is 10.6. The zero-order valence-electron chi connectivity index (χ0n) is 13.3. The second-order valence-electron chi connectivity index (χ2n) is 5.58. The SMILES string of the molecule is COc1ccc(CC2=NOC(CNC(=O)C=C(C)C)C2)cc1. The Morgan fingerprint density at radius 3 is 2.77 bits per heavy atom. The average Bonchev–Trinajstić information content (AvgIpc) is 2.93. The summed E-state index contributed by atoms with van der Waals surface area (Å²) >= 11 is 0. The largest absolute Gasteiger partial charge is 0.497 e. The number of rotatable bonds is 6. The van der Waals surface area contributed by atoms with E-state index in [1.54, 1.807) is 13.2 Å². The quantitative estimate of drug-likeness (QED) is 0.821. The number of methoxy groups -OCH3 is 1. The minimum Gasteiger partial charge on any atom is -0.497 e. The third-order valence-electron chi connectivity index (χ3n) is 3.29. The van der Waals surface area contributed by atoms with Crippen LogP contribution in [-0.4, -0.2) is 31.4 Å². The number of nitrogens with zero attached hydrogens (tertiary/aromatic N) is 1. The summed E-state index contributed by atoms with van der Waals surface area (Å²) in [4.78, 5) is 16.9. The third kappa shape index (κ3) is 4.91. The number of benzene rings is 1. The summed E-state index contributed by atoms with van der Waals surface area (Å²) in [6.07, 6.45) is 2.99. The Hall–Kier alpha value is -2.30. The van der Waals surface area contributed by atoms with Gasteiger partial charge in [0.25, 0.3) is 0 Å². The predicted molar refractivity (Wildman–Crippen MR) is 86.1 cm³/mol. The Bertz CT molecular complexity index is 572. The van der Waals surface area contributed by atoms with Crippen molar-refractivity contribution in [1.29, 1.82) is 0 Å². The van der Waals surface area contributed by atoms with E-state index in [9.17, 15) is 4.79 Å². The lowest BCUT2D eigenvalue weighted by atomic mass is 10.0. The molecule has 118 valence electrons. The molecule has 0 saturated carbocycles. The van der Waals surface area contributed by atoms with Crippen LogP contribution in [0.15, 0.2) is 41.1 Å². The molecule has 0 saturated heterocycles. The second-order valence-corrected chi connectivity index (χ2v) is 5.58. The van der Waals surface area contributed by atoms with Gasteiger partial charge in [0, 0.05) is 18.9 Å². The van der Waals surface area contributed by atoms with Crippen LogP contribution in [0.2, 0.25) is 0 Å². The summed E-state index contributed by atoms with van der Waals surface area (Å²) < 4.78 is 5.14. The van der Waals surface area contributed by atoms with Crippen LogP contribution in [0.5, 0.6) is 5.75 Å². The van der Waals surface area contributed by atoms with E-state index in [-0.39, 0.29) is 12.0 Å². The molecular weight excluding hydrogens is 280 g/mol. The van der Waals surface area contributed by atoms with Crippen molar-refractivity contribution in [3.63, 3.8) is 0 Å². The average molecular weight is 302 g/mol. The fourth-order valence-electron chi connectivity index (χ4n) is 2.21. The molecule has 5 heteroatoms. The Labute approximate surface area is 131 Å². The number of oxime groups is 1. The molecule has 1 N–H and O–H groups in total. The number of hydrogen-bond donors (Lipinski definition) is 1. The van der Waals surface area contributed by atoms with E-state index in [2.05, 4.69) is 10.5 Å². The molecule has 22 heavy (non-hydrogen) atoms. The van der Waals surface area contributed by atoms with Crippen LogP contribution in [-0.2, 0) is 16.1 Å². The third-order valence-corrected chi connectivity index (χ3v) is 3.29. The topological polar surface area (TPSA) is 59.9 Å². The summed E-state index contributed by atoms with van der Waals surface area (Å²) in [5, 5.41) is 6.94. The molecule has 0 aliphatic carbocycles. The smallest absolute Gasteiger partial charge is 0.244 e. The zero-order chi connectivity index (χ0) is 15.9. The van der Waals surface area contributed by atoms with Gasteiger partial charge in [-0.15, -0.1) is 0 Å². The highest BCUT2D eigenvalue weighted by atomic mass is 16.6. The predicted octanol–water partition coefficient (Wildman–Crippen LogP) is 2.47. The molecule has 1 aromatic carbocycles. The van der Waals surface area contributed by atoms with Crippen molar-refractivity contribution in [2.24, 2.45) is 5.16 Å². The molecule has 0 radical (unpaired) electrons. The Balaban J connectivity index is 1.77. The molecule has 2 rings (SSSR count). The van der Waals surface area contributed by atoms with Gasteiger partial charge in [0.2, 0.25) is 5.91 Å². The second kappa shape index (κ2) is 7.64. The van der Waals surface area contributed by atoms with E-state index in [4.69, 9.17) is 9.57 Å². The highest BCUT2D eigenvalue weighted by Gasteiger charge is 2.21. The van der Waals surface area contributed by atoms with Crippen molar-refractivity contribution in [2.45, 2.75) is 32.8 Å². The lowest BCUT2D eigenvalue weighted by Gasteiger charge is -2.08. The van der Waals surface area contributed by atoms with Crippen molar-refractivity contribution in [3.8, 4) is 5.75 Å². The molecule has 1 amide bonds. The Morgan fingerprint density at radius 1 is 1.41 bits per heavy atom. The molecule has 1 heterocycles. The Kier molecular flexibility index (Phi) is 5.58. The molecule has 1 aromatic rings. The molecule has 0 spiro atoms. The highest BCUT2D eigenvalue weighted by Crippen LogP contribution is 2.16. The van der Waals surface area contributed by atoms with Crippen molar-refractivity contribution in [1.82, 2.24) is 5.32 Å². The lowest BCUT2D eigenvalue weighted by Crippen LogP contribution is -2.31. The number of nitrogens with one attached hydrogen (secondary N) is 1. The fraction of sp³-hybridized carbons (Fsp3) is 0.412. The molecule has 1 unspecified atom stereocenters. The monoisotopic (exact) mass is 302 g/mol. The normalized spacial score (nSPS) is 16.5. The van der Waals surface area contributed by atoms with Crippen LogP contribution in [0.4, 0.5) is 0 Å². The summed E-state index contributed by atoms with van der Waals surface area (Å²) in [6, 6.07) is 7.90. The fourth-order valence-corrected chi connectivity index (χ4v) is 2.21. The van der Waals surface area contributed by atoms with Crippen LogP contribution >= 0.6 is 0 Å². The van der Waals surface area contributed by atoms with Crippen LogP contribution in [0.25, 0.3) is 0 Å². The standard InChI is InChI=1S/C17H22N2O3/c1-12(2)8-17(20)18-11-16-10-14(19-22-16)9-13-4-6-15(21-3)7-5-13/h4-8,16H,9-11H2,1-3H3,(H,18,20). The van der Waals surface area contributed by atoms with E-state index in [1.807, 2.05) is 38.1 Å². The summed E-state index contributed by atoms with van der Waals surface area (Å²) in [7, 11) is 1.65. The minimum atomic E-state index is -0.0906.